The molecular formula is C31H45N3O5. The molecule has 214 valence electrons. The van der Waals surface area contributed by atoms with Gasteiger partial charge in [0.2, 0.25) is 5.91 Å². The molecule has 0 saturated heterocycles. The molecule has 2 atom stereocenters. The van der Waals surface area contributed by atoms with Crippen LogP contribution in [0.3, 0.4) is 0 Å². The third-order valence-electron chi connectivity index (χ3n) is 5.70. The van der Waals surface area contributed by atoms with E-state index in [-0.39, 0.29) is 25.5 Å². The van der Waals surface area contributed by atoms with E-state index >= 15 is 0 Å². The fraction of sp³-hybridized carbons (Fsp3) is 0.516. The second kappa shape index (κ2) is 14.1. The molecule has 3 N–H and O–H groups in total. The number of ether oxygens (including phenoxy) is 2. The molecule has 0 radical (unpaired) electrons. The summed E-state index contributed by atoms with van der Waals surface area (Å²) in [7, 11) is 0. The molecule has 0 heterocycles. The van der Waals surface area contributed by atoms with Crippen LogP contribution in [0.5, 0.6) is 0 Å². The minimum Gasteiger partial charge on any atom is -0.458 e. The first kappa shape index (κ1) is 31.8. The molecule has 0 aliphatic rings. The summed E-state index contributed by atoms with van der Waals surface area (Å²) in [5.74, 6) is -0.861. The number of rotatable bonds is 12. The van der Waals surface area contributed by atoms with Gasteiger partial charge in [-0.05, 0) is 58.1 Å². The van der Waals surface area contributed by atoms with Crippen LogP contribution in [-0.2, 0) is 32.1 Å². The molecule has 0 saturated carbocycles. The van der Waals surface area contributed by atoms with Gasteiger partial charge < -0.3 is 25.4 Å². The summed E-state index contributed by atoms with van der Waals surface area (Å²) >= 11 is 0. The van der Waals surface area contributed by atoms with Crippen molar-refractivity contribution >= 4 is 18.0 Å². The number of hydrogen-bond donors (Lipinski definition) is 2. The van der Waals surface area contributed by atoms with Crippen LogP contribution < -0.4 is 11.1 Å². The van der Waals surface area contributed by atoms with Gasteiger partial charge in [-0.1, -0.05) is 74.5 Å². The lowest BCUT2D eigenvalue weighted by molar-refractivity contribution is -0.165. The van der Waals surface area contributed by atoms with E-state index in [1.165, 1.54) is 4.90 Å². The minimum atomic E-state index is -0.946. The number of amides is 2. The first-order chi connectivity index (χ1) is 18.1. The van der Waals surface area contributed by atoms with Gasteiger partial charge in [0, 0.05) is 18.5 Å². The van der Waals surface area contributed by atoms with Crippen molar-refractivity contribution in [1.29, 1.82) is 0 Å². The number of carbonyl (C=O) groups excluding carboxylic acids is 3. The summed E-state index contributed by atoms with van der Waals surface area (Å²) in [6, 6.07) is 16.9. The first-order valence-corrected chi connectivity index (χ1v) is 13.5. The lowest BCUT2D eigenvalue weighted by atomic mass is 9.97. The Bertz CT molecular complexity index is 1060. The maximum Gasteiger partial charge on any atom is 0.408 e. The molecule has 0 aliphatic carbocycles. The second-order valence-electron chi connectivity index (χ2n) is 12.1. The zero-order valence-corrected chi connectivity index (χ0v) is 24.4. The van der Waals surface area contributed by atoms with E-state index in [1.54, 1.807) is 34.6 Å². The second-order valence-corrected chi connectivity index (χ2v) is 12.1. The Morgan fingerprint density at radius 3 is 1.92 bits per heavy atom. The number of alkyl carbamates (subject to hydrolysis) is 1. The van der Waals surface area contributed by atoms with E-state index in [9.17, 15) is 14.4 Å². The normalized spacial score (nSPS) is 13.4. The highest BCUT2D eigenvalue weighted by atomic mass is 16.6. The molecular weight excluding hydrogens is 494 g/mol. The van der Waals surface area contributed by atoms with Gasteiger partial charge in [0.25, 0.3) is 0 Å². The zero-order valence-electron chi connectivity index (χ0n) is 24.4. The monoisotopic (exact) mass is 539 g/mol. The largest absolute Gasteiger partial charge is 0.458 e. The van der Waals surface area contributed by atoms with Gasteiger partial charge in [0.05, 0.1) is 0 Å². The molecule has 0 fully saturated rings. The number of nitrogens with one attached hydrogen (secondary N) is 1. The average Bonchev–Trinajstić information content (AvgIpc) is 2.83. The number of nitrogens with zero attached hydrogens (tertiary/aromatic N) is 1. The molecule has 8 nitrogen and oxygen atoms in total. The zero-order chi connectivity index (χ0) is 29.2. The molecule has 2 rings (SSSR count). The molecule has 2 aromatic rings. The first-order valence-electron chi connectivity index (χ1n) is 13.5. The van der Waals surface area contributed by atoms with Gasteiger partial charge in [0.15, 0.2) is 0 Å². The van der Waals surface area contributed by atoms with Crippen molar-refractivity contribution < 1.29 is 23.9 Å². The van der Waals surface area contributed by atoms with E-state index in [0.29, 0.717) is 6.42 Å². The lowest BCUT2D eigenvalue weighted by Crippen LogP contribution is -2.60. The molecule has 0 aromatic heterocycles. The van der Waals surface area contributed by atoms with Crippen LogP contribution in [0.1, 0.15) is 66.0 Å². The highest BCUT2D eigenvalue weighted by Crippen LogP contribution is 2.20. The van der Waals surface area contributed by atoms with E-state index < -0.39 is 41.2 Å². The summed E-state index contributed by atoms with van der Waals surface area (Å²) in [6.45, 7) is 13.0. The minimum absolute atomic E-state index is 0.0728. The van der Waals surface area contributed by atoms with Gasteiger partial charge in [-0.2, -0.15) is 0 Å². The molecule has 2 amide bonds. The Hall–Kier alpha value is -3.39. The Balaban J connectivity index is 2.39. The smallest absolute Gasteiger partial charge is 0.408 e. The summed E-state index contributed by atoms with van der Waals surface area (Å²) in [4.78, 5) is 42.0. The Morgan fingerprint density at radius 1 is 0.897 bits per heavy atom. The molecule has 0 spiro atoms. The van der Waals surface area contributed by atoms with Crippen molar-refractivity contribution in [2.75, 3.05) is 6.54 Å². The number of carbonyl (C=O) groups is 3. The maximum atomic E-state index is 14.2. The number of esters is 1. The van der Waals surface area contributed by atoms with Crippen molar-refractivity contribution in [1.82, 2.24) is 10.2 Å². The van der Waals surface area contributed by atoms with Gasteiger partial charge in [-0.25, -0.2) is 9.59 Å². The number of hydrogen-bond acceptors (Lipinski definition) is 6. The van der Waals surface area contributed by atoms with Crippen molar-refractivity contribution in [3.8, 4) is 0 Å². The summed E-state index contributed by atoms with van der Waals surface area (Å²) < 4.78 is 11.2. The number of nitrogens with two attached hydrogens (primary N) is 1. The van der Waals surface area contributed by atoms with Gasteiger partial charge in [-0.15, -0.1) is 0 Å². The highest BCUT2D eigenvalue weighted by Gasteiger charge is 2.39. The third kappa shape index (κ3) is 11.9. The fourth-order valence-electron chi connectivity index (χ4n) is 4.11. The van der Waals surface area contributed by atoms with Crippen molar-refractivity contribution in [2.24, 2.45) is 11.7 Å². The Labute approximate surface area is 233 Å². The van der Waals surface area contributed by atoms with E-state index in [1.807, 2.05) is 74.5 Å². The standard InChI is InChI=1S/C31H45N3O5/c1-22(2)18-25(33-29(37)38-20-24-16-12-9-13-17-24)27(35)34(21-31(6,7)32)26(28(36)39-30(3,4)5)19-23-14-10-8-11-15-23/h8-17,22,25-26H,18-21,32H2,1-7H3,(H,33,37)/t25-,26-/m0/s1. The van der Waals surface area contributed by atoms with Gasteiger partial charge in [0.1, 0.15) is 24.3 Å². The van der Waals surface area contributed by atoms with Crippen LogP contribution >= 0.6 is 0 Å². The topological polar surface area (TPSA) is 111 Å². The molecule has 2 aromatic carbocycles. The van der Waals surface area contributed by atoms with Crippen molar-refractivity contribution in [3.63, 3.8) is 0 Å². The van der Waals surface area contributed by atoms with E-state index in [4.69, 9.17) is 15.2 Å². The summed E-state index contributed by atoms with van der Waals surface area (Å²) in [5.41, 5.74) is 6.52. The van der Waals surface area contributed by atoms with Crippen molar-refractivity contribution in [3.05, 3.63) is 71.8 Å². The SMILES string of the molecule is CC(C)C[C@H](NC(=O)OCc1ccccc1)C(=O)N(CC(C)(C)N)[C@@H](Cc1ccccc1)C(=O)OC(C)(C)C. The molecule has 39 heavy (non-hydrogen) atoms. The summed E-state index contributed by atoms with van der Waals surface area (Å²) in [6.07, 6.45) is -0.112. The van der Waals surface area contributed by atoms with Crippen LogP contribution in [0.15, 0.2) is 60.7 Å². The van der Waals surface area contributed by atoms with Gasteiger partial charge >= 0.3 is 12.1 Å². The van der Waals surface area contributed by atoms with Crippen LogP contribution in [0, 0.1) is 5.92 Å². The van der Waals surface area contributed by atoms with E-state index in [0.717, 1.165) is 11.1 Å². The van der Waals surface area contributed by atoms with Crippen LogP contribution in [0.2, 0.25) is 0 Å². The fourth-order valence-corrected chi connectivity index (χ4v) is 4.11. The molecule has 0 unspecified atom stereocenters. The predicted octanol–water partition coefficient (Wildman–Crippen LogP) is 4.85. The van der Waals surface area contributed by atoms with Crippen LogP contribution in [0.25, 0.3) is 0 Å². The maximum absolute atomic E-state index is 14.2. The predicted molar refractivity (Wildman–Crippen MR) is 153 cm³/mol. The average molecular weight is 540 g/mol. The molecule has 0 bridgehead atoms. The third-order valence-corrected chi connectivity index (χ3v) is 5.70. The lowest BCUT2D eigenvalue weighted by Gasteiger charge is -2.38. The molecule has 8 heteroatoms. The summed E-state index contributed by atoms with van der Waals surface area (Å²) in [5, 5.41) is 2.75. The highest BCUT2D eigenvalue weighted by molar-refractivity contribution is 5.90. The Morgan fingerprint density at radius 2 is 1.44 bits per heavy atom. The van der Waals surface area contributed by atoms with Gasteiger partial charge in [-0.3, -0.25) is 4.79 Å². The number of benzene rings is 2. The van der Waals surface area contributed by atoms with Crippen molar-refractivity contribution in [2.45, 2.75) is 91.1 Å². The quantitative estimate of drug-likeness (QED) is 0.373. The van der Waals surface area contributed by atoms with Crippen LogP contribution in [-0.4, -0.2) is 52.6 Å². The van der Waals surface area contributed by atoms with Crippen LogP contribution in [0.4, 0.5) is 4.79 Å². The van der Waals surface area contributed by atoms with E-state index in [2.05, 4.69) is 5.32 Å². The molecule has 0 aliphatic heterocycles. The Kier molecular flexibility index (Phi) is 11.5.